The maximum Gasteiger partial charge on any atom is 0.221 e. The van der Waals surface area contributed by atoms with Crippen LogP contribution in [0.1, 0.15) is 12.0 Å². The van der Waals surface area contributed by atoms with Crippen molar-refractivity contribution in [2.45, 2.75) is 18.2 Å². The molecule has 0 spiro atoms. The molecular formula is C13H16BrNOS. The number of rotatable bonds is 6. The first kappa shape index (κ1) is 14.3. The molecule has 0 saturated carbocycles. The molecule has 92 valence electrons. The Kier molecular flexibility index (Phi) is 6.37. The molecule has 4 heteroatoms. The molecule has 0 fully saturated rings. The van der Waals surface area contributed by atoms with Gasteiger partial charge in [0.05, 0.1) is 0 Å². The molecule has 0 aliphatic rings. The van der Waals surface area contributed by atoms with Crippen LogP contribution in [-0.2, 0) is 4.79 Å². The molecule has 0 aliphatic carbocycles. The van der Waals surface area contributed by atoms with Crippen molar-refractivity contribution in [3.8, 4) is 0 Å². The highest BCUT2D eigenvalue weighted by atomic mass is 79.9. The van der Waals surface area contributed by atoms with Gasteiger partial charge in [-0.1, -0.05) is 40.2 Å². The number of amides is 1. The van der Waals surface area contributed by atoms with Crippen LogP contribution < -0.4 is 5.32 Å². The van der Waals surface area contributed by atoms with E-state index >= 15 is 0 Å². The number of hydrogen-bond acceptors (Lipinski definition) is 2. The van der Waals surface area contributed by atoms with Crippen LogP contribution in [0.15, 0.2) is 40.2 Å². The van der Waals surface area contributed by atoms with Crippen LogP contribution >= 0.6 is 27.7 Å². The predicted octanol–water partition coefficient (Wildman–Crippen LogP) is 3.50. The highest BCUT2D eigenvalue weighted by Crippen LogP contribution is 2.18. The fourth-order valence-electron chi connectivity index (χ4n) is 1.18. The van der Waals surface area contributed by atoms with Gasteiger partial charge >= 0.3 is 0 Å². The van der Waals surface area contributed by atoms with Crippen molar-refractivity contribution in [1.29, 1.82) is 0 Å². The van der Waals surface area contributed by atoms with E-state index in [1.165, 1.54) is 10.5 Å². The summed E-state index contributed by atoms with van der Waals surface area (Å²) in [5.74, 6) is 0.856. The summed E-state index contributed by atoms with van der Waals surface area (Å²) in [7, 11) is 0. The van der Waals surface area contributed by atoms with Gasteiger partial charge in [0.2, 0.25) is 5.91 Å². The van der Waals surface area contributed by atoms with E-state index in [0.29, 0.717) is 13.0 Å². The summed E-state index contributed by atoms with van der Waals surface area (Å²) < 4.78 is 0.789. The van der Waals surface area contributed by atoms with Crippen LogP contribution in [0.5, 0.6) is 0 Å². The van der Waals surface area contributed by atoms with Crippen molar-refractivity contribution in [3.05, 3.63) is 40.9 Å². The summed E-state index contributed by atoms with van der Waals surface area (Å²) in [6.07, 6.45) is 0.527. The second-order valence-corrected chi connectivity index (χ2v) is 6.00. The summed E-state index contributed by atoms with van der Waals surface area (Å²) >= 11 is 4.90. The summed E-state index contributed by atoms with van der Waals surface area (Å²) in [5.41, 5.74) is 1.25. The molecule has 0 aromatic heterocycles. The highest BCUT2D eigenvalue weighted by Gasteiger charge is 2.01. The first-order valence-corrected chi connectivity index (χ1v) is 7.15. The van der Waals surface area contributed by atoms with Crippen LogP contribution in [0.2, 0.25) is 0 Å². The third-order valence-electron chi connectivity index (χ3n) is 2.10. The lowest BCUT2D eigenvalue weighted by molar-refractivity contribution is -0.120. The van der Waals surface area contributed by atoms with Gasteiger partial charge in [0.1, 0.15) is 0 Å². The molecule has 17 heavy (non-hydrogen) atoms. The fraction of sp³-hybridized carbons (Fsp3) is 0.308. The van der Waals surface area contributed by atoms with Crippen LogP contribution in [0.3, 0.4) is 0 Å². The first-order valence-electron chi connectivity index (χ1n) is 5.37. The number of halogens is 1. The van der Waals surface area contributed by atoms with E-state index in [1.807, 2.05) is 0 Å². The second-order valence-electron chi connectivity index (χ2n) is 3.71. The number of aryl methyl sites for hydroxylation is 1. The van der Waals surface area contributed by atoms with Crippen molar-refractivity contribution in [1.82, 2.24) is 5.32 Å². The zero-order valence-electron chi connectivity index (χ0n) is 9.83. The molecule has 1 aromatic carbocycles. The van der Waals surface area contributed by atoms with E-state index in [0.717, 1.165) is 10.2 Å². The van der Waals surface area contributed by atoms with Gasteiger partial charge in [-0.05, 0) is 19.1 Å². The number of thioether (sulfide) groups is 1. The average Bonchev–Trinajstić information content (AvgIpc) is 2.29. The van der Waals surface area contributed by atoms with Gasteiger partial charge in [-0.2, -0.15) is 0 Å². The molecule has 0 radical (unpaired) electrons. The fourth-order valence-corrected chi connectivity index (χ4v) is 2.17. The molecule has 1 rings (SSSR count). The zero-order chi connectivity index (χ0) is 12.7. The minimum Gasteiger partial charge on any atom is -0.351 e. The molecule has 0 saturated heterocycles. The van der Waals surface area contributed by atoms with Gasteiger partial charge in [-0.3, -0.25) is 4.79 Å². The molecule has 0 aliphatic heterocycles. The third kappa shape index (κ3) is 6.54. The molecule has 0 bridgehead atoms. The molecule has 2 nitrogen and oxygen atoms in total. The molecule has 1 amide bonds. The Labute approximate surface area is 115 Å². The van der Waals surface area contributed by atoms with Crippen molar-refractivity contribution in [3.63, 3.8) is 0 Å². The van der Waals surface area contributed by atoms with E-state index in [9.17, 15) is 4.79 Å². The topological polar surface area (TPSA) is 29.1 Å². The Morgan fingerprint density at radius 2 is 2.06 bits per heavy atom. The minimum absolute atomic E-state index is 0.0604. The molecule has 1 N–H and O–H groups in total. The lowest BCUT2D eigenvalue weighted by atomic mass is 10.2. The first-order chi connectivity index (χ1) is 8.08. The minimum atomic E-state index is 0.0604. The van der Waals surface area contributed by atoms with Gasteiger partial charge < -0.3 is 5.32 Å². The van der Waals surface area contributed by atoms with Crippen LogP contribution in [-0.4, -0.2) is 18.2 Å². The predicted molar refractivity (Wildman–Crippen MR) is 77.6 cm³/mol. The molecule has 0 unspecified atom stereocenters. The molecule has 1 aromatic rings. The van der Waals surface area contributed by atoms with Gasteiger partial charge in [0.15, 0.2) is 0 Å². The van der Waals surface area contributed by atoms with E-state index in [2.05, 4.69) is 59.0 Å². The SMILES string of the molecule is C=C(Br)CNC(=O)CCSc1ccc(C)cc1. The Balaban J connectivity index is 2.21. The lowest BCUT2D eigenvalue weighted by Gasteiger charge is -2.04. The normalized spacial score (nSPS) is 10.0. The molecular weight excluding hydrogens is 298 g/mol. The van der Waals surface area contributed by atoms with Gasteiger partial charge in [-0.15, -0.1) is 11.8 Å². The zero-order valence-corrected chi connectivity index (χ0v) is 12.2. The standard InChI is InChI=1S/C13H16BrNOS/c1-10-3-5-12(6-4-10)17-8-7-13(16)15-9-11(2)14/h3-6H,2,7-9H2,1H3,(H,15,16). The van der Waals surface area contributed by atoms with Gasteiger partial charge in [0, 0.05) is 28.1 Å². The average molecular weight is 314 g/mol. The Morgan fingerprint density at radius 3 is 2.65 bits per heavy atom. The van der Waals surface area contributed by atoms with Gasteiger partial charge in [0.25, 0.3) is 0 Å². The maximum absolute atomic E-state index is 11.4. The van der Waals surface area contributed by atoms with Crippen LogP contribution in [0.4, 0.5) is 0 Å². The smallest absolute Gasteiger partial charge is 0.221 e. The Morgan fingerprint density at radius 1 is 1.41 bits per heavy atom. The van der Waals surface area contributed by atoms with Crippen molar-refractivity contribution in [2.24, 2.45) is 0 Å². The summed E-state index contributed by atoms with van der Waals surface area (Å²) in [6.45, 7) is 6.22. The maximum atomic E-state index is 11.4. The Bertz CT molecular complexity index is 389. The van der Waals surface area contributed by atoms with Crippen molar-refractivity contribution >= 4 is 33.6 Å². The van der Waals surface area contributed by atoms with Gasteiger partial charge in [-0.25, -0.2) is 0 Å². The van der Waals surface area contributed by atoms with E-state index < -0.39 is 0 Å². The number of hydrogen-bond donors (Lipinski definition) is 1. The second kappa shape index (κ2) is 7.56. The lowest BCUT2D eigenvalue weighted by Crippen LogP contribution is -2.24. The monoisotopic (exact) mass is 313 g/mol. The van der Waals surface area contributed by atoms with Crippen molar-refractivity contribution < 1.29 is 4.79 Å². The largest absolute Gasteiger partial charge is 0.351 e. The summed E-state index contributed by atoms with van der Waals surface area (Å²) in [5, 5.41) is 2.78. The van der Waals surface area contributed by atoms with Crippen LogP contribution in [0.25, 0.3) is 0 Å². The molecule has 0 atom stereocenters. The number of benzene rings is 1. The number of nitrogens with one attached hydrogen (secondary N) is 1. The molecule has 0 heterocycles. The summed E-state index contributed by atoms with van der Waals surface area (Å²) in [4.78, 5) is 12.6. The van der Waals surface area contributed by atoms with E-state index in [-0.39, 0.29) is 5.91 Å². The third-order valence-corrected chi connectivity index (χ3v) is 3.39. The quantitative estimate of drug-likeness (QED) is 0.814. The van der Waals surface area contributed by atoms with Crippen molar-refractivity contribution in [2.75, 3.05) is 12.3 Å². The van der Waals surface area contributed by atoms with E-state index in [4.69, 9.17) is 0 Å². The summed E-state index contributed by atoms with van der Waals surface area (Å²) in [6, 6.07) is 8.32. The number of carbonyl (C=O) groups is 1. The van der Waals surface area contributed by atoms with Crippen LogP contribution in [0, 0.1) is 6.92 Å². The van der Waals surface area contributed by atoms with E-state index in [1.54, 1.807) is 11.8 Å². The Hall–Kier alpha value is -0.740. The highest BCUT2D eigenvalue weighted by molar-refractivity contribution is 9.11. The number of carbonyl (C=O) groups excluding carboxylic acids is 1.